The summed E-state index contributed by atoms with van der Waals surface area (Å²) < 4.78 is 0. The van der Waals surface area contributed by atoms with Crippen LogP contribution in [0.2, 0.25) is 0 Å². The van der Waals surface area contributed by atoms with Crippen molar-refractivity contribution in [3.05, 3.63) is 7.43 Å². The van der Waals surface area contributed by atoms with E-state index < -0.39 is 0 Å². The Hall–Kier alpha value is -0.620. The molecule has 0 spiro atoms. The van der Waals surface area contributed by atoms with Gasteiger partial charge in [0.15, 0.2) is 0 Å². The van der Waals surface area contributed by atoms with Crippen LogP contribution < -0.4 is 0 Å². The number of carbonyl (C=O) groups excluding carboxylic acids is 2. The van der Waals surface area contributed by atoms with Crippen molar-refractivity contribution in [3.63, 3.8) is 0 Å². The third kappa shape index (κ3) is 0.518. The quantitative estimate of drug-likeness (QED) is 0.380. The van der Waals surface area contributed by atoms with Crippen molar-refractivity contribution >= 4 is 6.15 Å². The molecule has 0 fully saturated rings. The molecule has 0 heterocycles. The molecular weight excluding hydrogens is 56.0 g/mol. The average molecular weight is 57.0 g/mol. The first-order chi connectivity index (χ1) is 1.41. The van der Waals surface area contributed by atoms with Crippen LogP contribution in [0.1, 0.15) is 0 Å². The highest BCUT2D eigenvalue weighted by atomic mass is 16.2. The van der Waals surface area contributed by atoms with E-state index in [-0.39, 0.29) is 13.6 Å². The minimum atomic E-state index is 0. The Morgan fingerprint density at radius 1 is 1.25 bits per heavy atom. The summed E-state index contributed by atoms with van der Waals surface area (Å²) in [5.74, 6) is 0. The van der Waals surface area contributed by atoms with Gasteiger partial charge >= 0.3 is 6.15 Å². The van der Waals surface area contributed by atoms with E-state index in [1.165, 1.54) is 0 Å². The van der Waals surface area contributed by atoms with E-state index in [4.69, 9.17) is 9.59 Å². The maximum Gasteiger partial charge on any atom is 0.373 e. The minimum absolute atomic E-state index is 0. The zero-order valence-corrected chi connectivity index (χ0v) is 1.89. The fraction of sp³-hybridized carbons (Fsp3) is 0. The molecule has 0 amide bonds. The predicted octanol–water partition coefficient (Wildman–Crippen LogP) is -0.379. The Balaban J connectivity index is 0. The summed E-state index contributed by atoms with van der Waals surface area (Å²) in [5.41, 5.74) is 0. The van der Waals surface area contributed by atoms with E-state index in [9.17, 15) is 0 Å². The van der Waals surface area contributed by atoms with Crippen LogP contribution in [0.25, 0.3) is 0 Å². The molecule has 0 saturated heterocycles. The molecular formula is C2HO2. The van der Waals surface area contributed by atoms with E-state index in [1.54, 1.807) is 0 Å². The Labute approximate surface area is 24.4 Å². The van der Waals surface area contributed by atoms with Crippen LogP contribution in [0.3, 0.4) is 0 Å². The fourth-order valence-corrected chi connectivity index (χ4v) is 0. The molecule has 0 atom stereocenters. The molecule has 2 heteroatoms. The summed E-state index contributed by atoms with van der Waals surface area (Å²) in [4.78, 5) is 16.2. The topological polar surface area (TPSA) is 34.1 Å². The van der Waals surface area contributed by atoms with Crippen molar-refractivity contribution in [3.8, 4) is 0 Å². The standard InChI is InChI=1S/CO2.CH/c2-1-3;/h;1H. The second-order valence-electron chi connectivity index (χ2n) is 0.0833. The predicted molar refractivity (Wildman–Crippen MR) is 9.31 cm³/mol. The van der Waals surface area contributed by atoms with Gasteiger partial charge in [0.05, 0.1) is 0 Å². The molecule has 0 aromatic heterocycles. The lowest BCUT2D eigenvalue weighted by atomic mass is 11.8. The van der Waals surface area contributed by atoms with Crippen molar-refractivity contribution in [2.24, 2.45) is 0 Å². The van der Waals surface area contributed by atoms with Gasteiger partial charge in [-0.1, -0.05) is 0 Å². The van der Waals surface area contributed by atoms with Gasteiger partial charge in [-0.3, -0.25) is 0 Å². The van der Waals surface area contributed by atoms with Crippen molar-refractivity contribution in [2.75, 3.05) is 0 Å². The number of hydrogen-bond donors (Lipinski definition) is 0. The van der Waals surface area contributed by atoms with Crippen molar-refractivity contribution < 1.29 is 9.59 Å². The van der Waals surface area contributed by atoms with Gasteiger partial charge in [-0.15, -0.1) is 0 Å². The van der Waals surface area contributed by atoms with E-state index >= 15 is 0 Å². The van der Waals surface area contributed by atoms with Gasteiger partial charge in [0.1, 0.15) is 0 Å². The molecule has 0 aliphatic carbocycles. The Morgan fingerprint density at radius 2 is 1.25 bits per heavy atom. The summed E-state index contributed by atoms with van der Waals surface area (Å²) >= 11 is 0. The minimum Gasteiger partial charge on any atom is -0.186 e. The number of rotatable bonds is 0. The lowest BCUT2D eigenvalue weighted by molar-refractivity contribution is -0.191. The van der Waals surface area contributed by atoms with E-state index in [2.05, 4.69) is 0 Å². The Morgan fingerprint density at radius 3 is 1.25 bits per heavy atom. The molecule has 21 valence electrons. The summed E-state index contributed by atoms with van der Waals surface area (Å²) in [6.45, 7) is 0. The molecule has 4 heavy (non-hydrogen) atoms. The van der Waals surface area contributed by atoms with Crippen molar-refractivity contribution in [1.82, 2.24) is 0 Å². The van der Waals surface area contributed by atoms with Crippen LogP contribution in [-0.4, -0.2) is 6.15 Å². The highest BCUT2D eigenvalue weighted by Gasteiger charge is 1.13. The van der Waals surface area contributed by atoms with Crippen molar-refractivity contribution in [2.45, 2.75) is 0 Å². The van der Waals surface area contributed by atoms with Crippen LogP contribution in [0, 0.1) is 7.43 Å². The molecule has 0 aliphatic rings. The molecule has 3 radical (unpaired) electrons. The van der Waals surface area contributed by atoms with Crippen LogP contribution in [0.15, 0.2) is 0 Å². The summed E-state index contributed by atoms with van der Waals surface area (Å²) in [6.07, 6.45) is 0.250. The number of hydrogen-bond acceptors (Lipinski definition) is 2. The summed E-state index contributed by atoms with van der Waals surface area (Å²) in [6, 6.07) is 0. The van der Waals surface area contributed by atoms with Gasteiger partial charge in [-0.25, -0.2) is 0 Å². The van der Waals surface area contributed by atoms with Gasteiger partial charge in [0.2, 0.25) is 0 Å². The summed E-state index contributed by atoms with van der Waals surface area (Å²) in [7, 11) is 0. The highest BCUT2D eigenvalue weighted by molar-refractivity contribution is 5.20. The summed E-state index contributed by atoms with van der Waals surface area (Å²) in [5, 5.41) is 0. The molecule has 0 saturated carbocycles. The van der Waals surface area contributed by atoms with Crippen molar-refractivity contribution in [1.29, 1.82) is 0 Å². The lowest BCUT2D eigenvalue weighted by Crippen LogP contribution is -1.22. The SMILES string of the molecule is O=C=O.[CH]. The molecule has 0 N–H and O–H groups in total. The zero-order valence-electron chi connectivity index (χ0n) is 1.89. The molecule has 0 aromatic carbocycles. The largest absolute Gasteiger partial charge is 0.373 e. The molecule has 2 nitrogen and oxygen atoms in total. The Bertz CT molecular complexity index is 25.0. The first-order valence-electron chi connectivity index (χ1n) is 0.408. The molecule has 0 aromatic rings. The third-order valence-electron chi connectivity index (χ3n) is 0. The third-order valence-corrected chi connectivity index (χ3v) is 0. The van der Waals surface area contributed by atoms with Crippen LogP contribution in [-0.2, 0) is 9.59 Å². The zero-order chi connectivity index (χ0) is 2.71. The van der Waals surface area contributed by atoms with Gasteiger partial charge < -0.3 is 0 Å². The fourth-order valence-electron chi connectivity index (χ4n) is 0. The van der Waals surface area contributed by atoms with Gasteiger partial charge in [-0.2, -0.15) is 9.59 Å². The molecule has 0 aliphatic heterocycles. The van der Waals surface area contributed by atoms with Crippen LogP contribution in [0.5, 0.6) is 0 Å². The van der Waals surface area contributed by atoms with E-state index in [0.717, 1.165) is 0 Å². The van der Waals surface area contributed by atoms with E-state index in [1.807, 2.05) is 0 Å². The average Bonchev–Trinajstić information content (AvgIpc) is 0.918. The molecule has 0 bridgehead atoms. The molecule has 0 unspecified atom stereocenters. The maximum absolute atomic E-state index is 8.12. The van der Waals surface area contributed by atoms with Crippen LogP contribution in [0.4, 0.5) is 0 Å². The smallest absolute Gasteiger partial charge is 0.186 e. The first-order valence-corrected chi connectivity index (χ1v) is 0.408. The second-order valence-corrected chi connectivity index (χ2v) is 0.0833. The normalized spacial score (nSPS) is 2.00. The van der Waals surface area contributed by atoms with Gasteiger partial charge in [0.25, 0.3) is 0 Å². The highest BCUT2D eigenvalue weighted by Crippen LogP contribution is 0.787. The van der Waals surface area contributed by atoms with Crippen LogP contribution >= 0.6 is 0 Å². The second kappa shape index (κ2) is 31.4. The van der Waals surface area contributed by atoms with E-state index in [0.29, 0.717) is 0 Å². The Kier molecular flexibility index (Phi) is 78.9. The monoisotopic (exact) mass is 57.0 g/mol. The van der Waals surface area contributed by atoms with Gasteiger partial charge in [0, 0.05) is 0 Å². The lowest BCUT2D eigenvalue weighted by Gasteiger charge is -0.945. The van der Waals surface area contributed by atoms with Gasteiger partial charge in [-0.05, 0) is 7.43 Å². The molecule has 0 rings (SSSR count). The first kappa shape index (κ1) is 10.1. The maximum atomic E-state index is 8.12.